The Kier molecular flexibility index (Phi) is 39.7. The molecule has 0 N–H and O–H groups in total. The van der Waals surface area contributed by atoms with E-state index in [0.29, 0.717) is 139 Å². The van der Waals surface area contributed by atoms with E-state index in [4.69, 9.17) is 63.7 Å². The van der Waals surface area contributed by atoms with Crippen LogP contribution in [0.25, 0.3) is 0 Å². The summed E-state index contributed by atoms with van der Waals surface area (Å²) in [4.78, 5) is 10.9. The van der Waals surface area contributed by atoms with Gasteiger partial charge in [-0.1, -0.05) is 12.8 Å². The van der Waals surface area contributed by atoms with Crippen LogP contribution in [0.5, 0.6) is 0 Å². The maximum absolute atomic E-state index is 10.9. The molecular weight excluding hydrogens is 604 g/mol. The molecule has 0 aromatic heterocycles. The van der Waals surface area contributed by atoms with Gasteiger partial charge in [0.2, 0.25) is 0 Å². The van der Waals surface area contributed by atoms with Gasteiger partial charge in [-0.2, -0.15) is 0 Å². The molecule has 0 aliphatic carbocycles. The largest absolute Gasteiger partial charge is 0.469 e. The van der Waals surface area contributed by atoms with Crippen molar-refractivity contribution in [1.29, 1.82) is 0 Å². The molecule has 0 rings (SSSR count). The Morgan fingerprint density at radius 3 is 0.886 bits per heavy atom. The third-order valence-corrected chi connectivity index (χ3v) is 5.84. The van der Waals surface area contributed by atoms with Gasteiger partial charge in [-0.25, -0.2) is 0 Å². The molecule has 0 fully saturated rings. The lowest BCUT2D eigenvalue weighted by molar-refractivity contribution is -0.141. The number of methoxy groups -OCH3 is 1. The molecule has 0 unspecified atom stereocenters. The third-order valence-electron chi connectivity index (χ3n) is 5.57. The minimum absolute atomic E-state index is 0.246. The molecule has 0 saturated carbocycles. The molecule has 0 aliphatic heterocycles. The fourth-order valence-corrected chi connectivity index (χ4v) is 3.40. The summed E-state index contributed by atoms with van der Waals surface area (Å²) in [7, 11) is 1.35. The summed E-state index contributed by atoms with van der Waals surface area (Å²) in [6.45, 7) is 11.3. The molecule has 0 atom stereocenters. The first-order valence-electron chi connectivity index (χ1n) is 15.8. The van der Waals surface area contributed by atoms with Crippen LogP contribution in [0.1, 0.15) is 32.1 Å². The van der Waals surface area contributed by atoms with Gasteiger partial charge in [0, 0.05) is 12.5 Å². The molecule has 0 heterocycles. The van der Waals surface area contributed by atoms with Crippen LogP contribution in [-0.2, 0) is 61.6 Å². The molecule has 0 spiro atoms. The van der Waals surface area contributed by atoms with Gasteiger partial charge < -0.3 is 56.8 Å². The van der Waals surface area contributed by atoms with Crippen molar-refractivity contribution in [2.24, 2.45) is 0 Å². The van der Waals surface area contributed by atoms with Crippen molar-refractivity contribution >= 4 is 17.6 Å². The zero-order chi connectivity index (χ0) is 31.9. The van der Waals surface area contributed by atoms with Gasteiger partial charge in [0.15, 0.2) is 0 Å². The van der Waals surface area contributed by atoms with Crippen molar-refractivity contribution < 1.29 is 61.6 Å². The summed E-state index contributed by atoms with van der Waals surface area (Å²) in [5, 5.41) is 0. The molecule has 14 heteroatoms. The number of alkyl halides is 1. The van der Waals surface area contributed by atoms with Crippen molar-refractivity contribution in [1.82, 2.24) is 0 Å². The molecule has 13 nitrogen and oxygen atoms in total. The minimum Gasteiger partial charge on any atom is -0.469 e. The molecule has 44 heavy (non-hydrogen) atoms. The highest BCUT2D eigenvalue weighted by molar-refractivity contribution is 6.17. The molecule has 0 radical (unpaired) electrons. The molecular formula is C30H59ClO13. The van der Waals surface area contributed by atoms with Gasteiger partial charge in [0.1, 0.15) is 0 Å². The standard InChI is InChI=1S/C30H59ClO13/c1-33-30(32)6-9-35-11-13-37-15-17-39-19-21-41-23-25-43-27-29-44-28-26-42-24-22-40-20-18-38-16-14-36-12-10-34-8-5-3-2-4-7-31/h2-29H2,1H3. The zero-order valence-electron chi connectivity index (χ0n) is 27.0. The van der Waals surface area contributed by atoms with Crippen molar-refractivity contribution in [3.8, 4) is 0 Å². The van der Waals surface area contributed by atoms with Crippen LogP contribution in [0.2, 0.25) is 0 Å². The number of carbonyl (C=O) groups is 1. The van der Waals surface area contributed by atoms with Gasteiger partial charge in [-0.15, -0.1) is 11.6 Å². The van der Waals surface area contributed by atoms with Gasteiger partial charge in [0.05, 0.1) is 152 Å². The second-order valence-corrected chi connectivity index (χ2v) is 9.54. The van der Waals surface area contributed by atoms with Gasteiger partial charge in [0.25, 0.3) is 0 Å². The number of rotatable bonds is 39. The van der Waals surface area contributed by atoms with Gasteiger partial charge in [-0.05, 0) is 12.8 Å². The molecule has 0 aromatic carbocycles. The smallest absolute Gasteiger partial charge is 0.307 e. The Morgan fingerprint density at radius 2 is 0.614 bits per heavy atom. The van der Waals surface area contributed by atoms with Crippen molar-refractivity contribution in [3.63, 3.8) is 0 Å². The number of esters is 1. The van der Waals surface area contributed by atoms with E-state index in [1.165, 1.54) is 20.0 Å². The number of halogens is 1. The molecule has 0 bridgehead atoms. The highest BCUT2D eigenvalue weighted by Crippen LogP contribution is 2.01. The first-order chi connectivity index (χ1) is 21.8. The van der Waals surface area contributed by atoms with E-state index in [9.17, 15) is 4.79 Å². The summed E-state index contributed by atoms with van der Waals surface area (Å²) in [6.07, 6.45) is 4.73. The lowest BCUT2D eigenvalue weighted by Gasteiger charge is -2.09. The van der Waals surface area contributed by atoms with E-state index < -0.39 is 0 Å². The van der Waals surface area contributed by atoms with Crippen LogP contribution < -0.4 is 0 Å². The topological polar surface area (TPSA) is 128 Å². The fraction of sp³-hybridized carbons (Fsp3) is 0.967. The molecule has 0 saturated heterocycles. The zero-order valence-corrected chi connectivity index (χ0v) is 27.7. The molecule has 0 aliphatic rings. The molecule has 0 amide bonds. The average Bonchev–Trinajstić information content (AvgIpc) is 3.04. The first kappa shape index (κ1) is 43.3. The summed E-state index contributed by atoms with van der Waals surface area (Å²) >= 11 is 5.65. The third kappa shape index (κ3) is 39.3. The summed E-state index contributed by atoms with van der Waals surface area (Å²) in [5.41, 5.74) is 0. The Labute approximate surface area is 269 Å². The Bertz CT molecular complexity index is 549. The molecule has 264 valence electrons. The van der Waals surface area contributed by atoms with Gasteiger partial charge in [-0.3, -0.25) is 4.79 Å². The van der Waals surface area contributed by atoms with Gasteiger partial charge >= 0.3 is 5.97 Å². The van der Waals surface area contributed by atoms with E-state index in [1.807, 2.05) is 0 Å². The highest BCUT2D eigenvalue weighted by atomic mass is 35.5. The van der Waals surface area contributed by atoms with E-state index in [1.54, 1.807) is 0 Å². The Hall–Kier alpha value is -0.680. The van der Waals surface area contributed by atoms with Crippen LogP contribution >= 0.6 is 11.6 Å². The van der Waals surface area contributed by atoms with Crippen molar-refractivity contribution in [2.45, 2.75) is 32.1 Å². The van der Waals surface area contributed by atoms with Crippen LogP contribution in [0.3, 0.4) is 0 Å². The number of unbranched alkanes of at least 4 members (excludes halogenated alkanes) is 3. The lowest BCUT2D eigenvalue weighted by Crippen LogP contribution is -2.15. The van der Waals surface area contributed by atoms with Crippen molar-refractivity contribution in [3.05, 3.63) is 0 Å². The summed E-state index contributed by atoms with van der Waals surface area (Å²) in [5.74, 6) is 0.456. The van der Waals surface area contributed by atoms with E-state index >= 15 is 0 Å². The fourth-order valence-electron chi connectivity index (χ4n) is 3.21. The number of hydrogen-bond donors (Lipinski definition) is 0. The molecule has 0 aromatic rings. The second kappa shape index (κ2) is 40.3. The van der Waals surface area contributed by atoms with Crippen LogP contribution in [0, 0.1) is 0 Å². The van der Waals surface area contributed by atoms with Crippen LogP contribution in [0.4, 0.5) is 0 Å². The van der Waals surface area contributed by atoms with Crippen molar-refractivity contribution in [2.75, 3.05) is 158 Å². The predicted molar refractivity (Wildman–Crippen MR) is 165 cm³/mol. The average molecular weight is 663 g/mol. The predicted octanol–water partition coefficient (Wildman–Crippen LogP) is 2.53. The van der Waals surface area contributed by atoms with Crippen LogP contribution in [-0.4, -0.2) is 164 Å². The Balaban J connectivity index is 3.04. The number of hydrogen-bond acceptors (Lipinski definition) is 13. The highest BCUT2D eigenvalue weighted by Gasteiger charge is 1.99. The van der Waals surface area contributed by atoms with E-state index in [2.05, 4.69) is 4.74 Å². The quantitative estimate of drug-likeness (QED) is 0.0544. The maximum Gasteiger partial charge on any atom is 0.307 e. The summed E-state index contributed by atoms with van der Waals surface area (Å²) in [6, 6.07) is 0. The normalized spacial score (nSPS) is 11.4. The van der Waals surface area contributed by atoms with E-state index in [-0.39, 0.29) is 12.4 Å². The van der Waals surface area contributed by atoms with E-state index in [0.717, 1.165) is 25.3 Å². The first-order valence-corrected chi connectivity index (χ1v) is 16.3. The minimum atomic E-state index is -0.285. The Morgan fingerprint density at radius 1 is 0.364 bits per heavy atom. The summed E-state index contributed by atoms with van der Waals surface area (Å²) < 4.78 is 64.4. The SMILES string of the molecule is COC(=O)CCOCCOCCOCCOCCOCCOCCOCCOCCOCCOCCOCCCCCCCl. The monoisotopic (exact) mass is 662 g/mol. The lowest BCUT2D eigenvalue weighted by atomic mass is 10.2. The maximum atomic E-state index is 10.9. The number of carbonyl (C=O) groups excluding carboxylic acids is 1. The number of ether oxygens (including phenoxy) is 12. The second-order valence-electron chi connectivity index (χ2n) is 9.17. The van der Waals surface area contributed by atoms with Crippen LogP contribution in [0.15, 0.2) is 0 Å².